The third-order valence-electron chi connectivity index (χ3n) is 9.81. The van der Waals surface area contributed by atoms with Crippen LogP contribution in [0.3, 0.4) is 0 Å². The minimum atomic E-state index is -4.40. The minimum Gasteiger partial charge on any atom is -0.458 e. The number of rotatable bonds is 2. The van der Waals surface area contributed by atoms with Crippen LogP contribution in [0.15, 0.2) is 23.4 Å². The number of cyclic esters (lactones) is 1. The summed E-state index contributed by atoms with van der Waals surface area (Å²) < 4.78 is 48.8. The molecule has 9 heteroatoms. The van der Waals surface area contributed by atoms with E-state index in [1.807, 2.05) is 13.1 Å². The van der Waals surface area contributed by atoms with Crippen molar-refractivity contribution in [2.75, 3.05) is 7.05 Å². The first-order chi connectivity index (χ1) is 17.9. The Bertz CT molecular complexity index is 990. The number of likely N-dealkylation sites (N-methyl/N-ethyl adjacent to an activating group) is 1. The van der Waals surface area contributed by atoms with Crippen molar-refractivity contribution >= 4 is 11.8 Å². The molecule has 1 saturated carbocycles. The number of nitrogens with zero attached hydrogens (tertiary/aromatic N) is 1. The Labute approximate surface area is 230 Å². The van der Waals surface area contributed by atoms with E-state index >= 15 is 0 Å². The zero-order valence-corrected chi connectivity index (χ0v) is 24.3. The maximum atomic E-state index is 14.3. The van der Waals surface area contributed by atoms with Crippen LogP contribution in [0, 0.1) is 28.6 Å². The van der Waals surface area contributed by atoms with Crippen molar-refractivity contribution in [1.29, 1.82) is 0 Å². The van der Waals surface area contributed by atoms with Crippen molar-refractivity contribution in [3.05, 3.63) is 23.4 Å². The highest BCUT2D eigenvalue weighted by Gasteiger charge is 2.69. The summed E-state index contributed by atoms with van der Waals surface area (Å²) in [6.45, 7) is 10.2. The van der Waals surface area contributed by atoms with E-state index in [0.29, 0.717) is 18.0 Å². The first kappa shape index (κ1) is 31.7. The number of esters is 1. The first-order valence-electron chi connectivity index (χ1n) is 14.2. The Morgan fingerprint density at radius 3 is 2.38 bits per heavy atom. The zero-order valence-electron chi connectivity index (χ0n) is 24.3. The molecule has 0 radical (unpaired) electrons. The van der Waals surface area contributed by atoms with Gasteiger partial charge in [0.1, 0.15) is 11.9 Å². The van der Waals surface area contributed by atoms with Gasteiger partial charge in [0.15, 0.2) is 0 Å². The van der Waals surface area contributed by atoms with Crippen molar-refractivity contribution in [2.24, 2.45) is 28.6 Å². The largest absolute Gasteiger partial charge is 0.458 e. The second-order valence-corrected chi connectivity index (χ2v) is 12.9. The van der Waals surface area contributed by atoms with Crippen molar-refractivity contribution in [3.8, 4) is 0 Å². The number of hydrogen-bond acceptors (Lipinski definition) is 6. The van der Waals surface area contributed by atoms with E-state index in [0.717, 1.165) is 12.1 Å². The van der Waals surface area contributed by atoms with Crippen molar-refractivity contribution in [1.82, 2.24) is 4.90 Å². The van der Waals surface area contributed by atoms with Crippen LogP contribution >= 0.6 is 0 Å². The van der Waals surface area contributed by atoms with E-state index < -0.39 is 71.2 Å². The number of ether oxygens (including phenoxy) is 1. The molecule has 39 heavy (non-hydrogen) atoms. The molecule has 222 valence electrons. The summed E-state index contributed by atoms with van der Waals surface area (Å²) in [5.74, 6) is -3.11. The SMILES string of the molecule is C/C(=C\C1=CCC(C)N1C)[C@@H]1CC2CC2(C(F)(F)F)CCC[C@H](C)[C@H](O)[C@@H](C)C(=O)C(C)(C)[C@@H](O)CC(=O)O1. The highest BCUT2D eigenvalue weighted by molar-refractivity contribution is 5.88. The van der Waals surface area contributed by atoms with Gasteiger partial charge in [0.2, 0.25) is 0 Å². The van der Waals surface area contributed by atoms with E-state index in [4.69, 9.17) is 4.74 Å². The second-order valence-electron chi connectivity index (χ2n) is 12.9. The number of carbonyl (C=O) groups is 2. The number of hydrogen-bond donors (Lipinski definition) is 2. The van der Waals surface area contributed by atoms with Crippen LogP contribution in [-0.2, 0) is 14.3 Å². The number of carbonyl (C=O) groups excluding carboxylic acids is 2. The minimum absolute atomic E-state index is 0.0288. The van der Waals surface area contributed by atoms with Crippen LogP contribution in [-0.4, -0.2) is 64.4 Å². The zero-order chi connectivity index (χ0) is 29.5. The monoisotopic (exact) mass is 557 g/mol. The molecule has 0 aromatic heterocycles. The molecule has 2 aliphatic heterocycles. The fourth-order valence-corrected chi connectivity index (χ4v) is 6.33. The molecule has 3 rings (SSSR count). The highest BCUT2D eigenvalue weighted by atomic mass is 19.4. The molecule has 0 spiro atoms. The molecule has 2 fully saturated rings. The number of alkyl halides is 3. The van der Waals surface area contributed by atoms with Crippen LogP contribution in [0.5, 0.6) is 0 Å². The number of aliphatic hydroxyl groups excluding tert-OH is 2. The lowest BCUT2D eigenvalue weighted by atomic mass is 9.73. The molecular weight excluding hydrogens is 511 g/mol. The summed E-state index contributed by atoms with van der Waals surface area (Å²) in [5, 5.41) is 21.7. The van der Waals surface area contributed by atoms with Crippen LogP contribution in [0.4, 0.5) is 13.2 Å². The van der Waals surface area contributed by atoms with Gasteiger partial charge in [-0.2, -0.15) is 13.2 Å². The van der Waals surface area contributed by atoms with Gasteiger partial charge in [-0.05, 0) is 69.4 Å². The Kier molecular flexibility index (Phi) is 9.38. The maximum absolute atomic E-state index is 14.3. The summed E-state index contributed by atoms with van der Waals surface area (Å²) in [6.07, 6.45) is -2.88. The quantitative estimate of drug-likeness (QED) is 0.432. The highest BCUT2D eigenvalue weighted by Crippen LogP contribution is 2.67. The molecule has 0 aromatic carbocycles. The molecule has 3 unspecified atom stereocenters. The normalized spacial score (nSPS) is 39.2. The molecule has 0 bridgehead atoms. The van der Waals surface area contributed by atoms with Crippen molar-refractivity contribution in [2.45, 2.75) is 117 Å². The van der Waals surface area contributed by atoms with E-state index in [2.05, 4.69) is 17.9 Å². The summed E-state index contributed by atoms with van der Waals surface area (Å²) in [4.78, 5) is 28.4. The fourth-order valence-electron chi connectivity index (χ4n) is 6.33. The number of halogens is 3. The lowest BCUT2D eigenvalue weighted by Gasteiger charge is -2.35. The third-order valence-corrected chi connectivity index (χ3v) is 9.81. The molecule has 2 N–H and O–H groups in total. The number of allylic oxidation sites excluding steroid dienone is 1. The summed E-state index contributed by atoms with van der Waals surface area (Å²) in [6, 6.07) is 0.295. The van der Waals surface area contributed by atoms with Gasteiger partial charge in [-0.3, -0.25) is 9.59 Å². The van der Waals surface area contributed by atoms with E-state index in [9.17, 15) is 33.0 Å². The second kappa shape index (κ2) is 11.6. The Hall–Kier alpha value is -1.87. The van der Waals surface area contributed by atoms with Gasteiger partial charge in [-0.1, -0.05) is 40.2 Å². The van der Waals surface area contributed by atoms with Crippen LogP contribution in [0.2, 0.25) is 0 Å². The van der Waals surface area contributed by atoms with Gasteiger partial charge in [0.05, 0.1) is 29.5 Å². The fraction of sp³-hybridized carbons (Fsp3) is 0.800. The van der Waals surface area contributed by atoms with Crippen LogP contribution < -0.4 is 0 Å². The maximum Gasteiger partial charge on any atom is 0.394 e. The molecular formula is C30H46F3NO5. The average Bonchev–Trinajstić information content (AvgIpc) is 3.48. The first-order valence-corrected chi connectivity index (χ1v) is 14.2. The van der Waals surface area contributed by atoms with Gasteiger partial charge >= 0.3 is 12.1 Å². The molecule has 0 aromatic rings. The lowest BCUT2D eigenvalue weighted by Crippen LogP contribution is -2.45. The van der Waals surface area contributed by atoms with E-state index in [-0.39, 0.29) is 25.7 Å². The average molecular weight is 558 g/mol. The van der Waals surface area contributed by atoms with Gasteiger partial charge in [-0.25, -0.2) is 0 Å². The Morgan fingerprint density at radius 2 is 1.82 bits per heavy atom. The molecule has 8 atom stereocenters. The summed E-state index contributed by atoms with van der Waals surface area (Å²) >= 11 is 0. The standard InChI is InChI=1S/C30H46F3NO5/c1-17-9-8-12-29(30(31,32)33)16-21(29)14-23(18(2)13-22-11-10-19(3)34(22)7)39-25(36)15-24(35)28(5,6)27(38)20(4)26(17)37/h11,13,17,19-21,23-24,26,35,37H,8-10,12,14-16H2,1-7H3/b18-13+/t17-,19?,20+,21?,23-,24-,26-,29?/m0/s1. The number of aliphatic hydroxyl groups is 2. The van der Waals surface area contributed by atoms with Gasteiger partial charge in [0, 0.05) is 24.7 Å². The third kappa shape index (κ3) is 6.55. The topological polar surface area (TPSA) is 87.1 Å². The Balaban J connectivity index is 1.94. The smallest absolute Gasteiger partial charge is 0.394 e. The van der Waals surface area contributed by atoms with Crippen LogP contribution in [0.1, 0.15) is 86.5 Å². The lowest BCUT2D eigenvalue weighted by molar-refractivity contribution is -0.195. The molecule has 3 aliphatic rings. The molecule has 1 aliphatic carbocycles. The predicted octanol–water partition coefficient (Wildman–Crippen LogP) is 5.57. The molecule has 6 nitrogen and oxygen atoms in total. The Morgan fingerprint density at radius 1 is 1.18 bits per heavy atom. The number of ketones is 1. The predicted molar refractivity (Wildman–Crippen MR) is 142 cm³/mol. The summed E-state index contributed by atoms with van der Waals surface area (Å²) in [7, 11) is 1.95. The van der Waals surface area contributed by atoms with Crippen molar-refractivity contribution in [3.63, 3.8) is 0 Å². The summed E-state index contributed by atoms with van der Waals surface area (Å²) in [5.41, 5.74) is -1.60. The number of fused-ring (bicyclic) bond motifs is 1. The van der Waals surface area contributed by atoms with E-state index in [1.54, 1.807) is 34.6 Å². The van der Waals surface area contributed by atoms with Gasteiger partial charge < -0.3 is 19.8 Å². The van der Waals surface area contributed by atoms with Crippen LogP contribution in [0.25, 0.3) is 0 Å². The van der Waals surface area contributed by atoms with E-state index in [1.165, 1.54) is 0 Å². The molecule has 0 amide bonds. The van der Waals surface area contributed by atoms with Crippen molar-refractivity contribution < 1.29 is 37.7 Å². The number of Topliss-reactive ketones (excluding diaryl/α,β-unsaturated/α-hetero) is 1. The molecule has 2 heterocycles. The van der Waals surface area contributed by atoms with Gasteiger partial charge in [-0.15, -0.1) is 0 Å². The molecule has 1 saturated heterocycles. The van der Waals surface area contributed by atoms with Gasteiger partial charge in [0.25, 0.3) is 0 Å².